The number of ether oxygens (including phenoxy) is 3. The lowest BCUT2D eigenvalue weighted by molar-refractivity contribution is -0.117. The summed E-state index contributed by atoms with van der Waals surface area (Å²) in [5.41, 5.74) is 1.65. The highest BCUT2D eigenvalue weighted by Gasteiger charge is 2.17. The van der Waals surface area contributed by atoms with E-state index in [0.717, 1.165) is 18.4 Å². The van der Waals surface area contributed by atoms with Gasteiger partial charge in [0.15, 0.2) is 11.5 Å². The summed E-state index contributed by atoms with van der Waals surface area (Å²) in [6.07, 6.45) is 3.45. The number of nitriles is 1. The topological polar surface area (TPSA) is 80.6 Å². The molecule has 7 heteroatoms. The van der Waals surface area contributed by atoms with Gasteiger partial charge in [-0.1, -0.05) is 29.8 Å². The highest BCUT2D eigenvalue weighted by Crippen LogP contribution is 2.30. The van der Waals surface area contributed by atoms with Gasteiger partial charge in [0.25, 0.3) is 5.91 Å². The van der Waals surface area contributed by atoms with Gasteiger partial charge in [-0.25, -0.2) is 0 Å². The Kier molecular flexibility index (Phi) is 7.72. The van der Waals surface area contributed by atoms with Crippen LogP contribution >= 0.6 is 11.6 Å². The summed E-state index contributed by atoms with van der Waals surface area (Å²) < 4.78 is 16.7. The third-order valence-electron chi connectivity index (χ3n) is 4.69. The standard InChI is InChI=1S/C23H23ClN2O4/c1-28-22-12-17(6-9-21(22)30-15-16-4-7-19(24)8-5-16)11-18(13-25)23(27)26-14-20-3-2-10-29-20/h4-9,11-12,20H,2-3,10,14-15H2,1H3,(H,26,27). The van der Waals surface area contributed by atoms with Gasteiger partial charge in [0, 0.05) is 18.2 Å². The number of benzene rings is 2. The number of halogens is 1. The minimum atomic E-state index is -0.421. The first-order chi connectivity index (χ1) is 14.6. The summed E-state index contributed by atoms with van der Waals surface area (Å²) in [7, 11) is 1.54. The number of amides is 1. The molecule has 1 amide bonds. The van der Waals surface area contributed by atoms with E-state index >= 15 is 0 Å². The second-order valence-electron chi connectivity index (χ2n) is 6.84. The summed E-state index contributed by atoms with van der Waals surface area (Å²) in [6.45, 7) is 1.48. The average molecular weight is 427 g/mol. The summed E-state index contributed by atoms with van der Waals surface area (Å²) >= 11 is 5.90. The lowest BCUT2D eigenvalue weighted by Gasteiger charge is -2.12. The van der Waals surface area contributed by atoms with Crippen LogP contribution in [0.4, 0.5) is 0 Å². The highest BCUT2D eigenvalue weighted by atomic mass is 35.5. The smallest absolute Gasteiger partial charge is 0.262 e. The molecule has 1 heterocycles. The molecule has 3 rings (SSSR count). The molecule has 1 N–H and O–H groups in total. The molecular formula is C23H23ClN2O4. The number of hydrogen-bond acceptors (Lipinski definition) is 5. The number of methoxy groups -OCH3 is 1. The number of carbonyl (C=O) groups excluding carboxylic acids is 1. The zero-order valence-electron chi connectivity index (χ0n) is 16.7. The maximum atomic E-state index is 12.3. The van der Waals surface area contributed by atoms with Gasteiger partial charge in [0.1, 0.15) is 18.2 Å². The maximum Gasteiger partial charge on any atom is 0.262 e. The molecule has 0 spiro atoms. The molecule has 2 aromatic rings. The molecule has 1 atom stereocenters. The lowest BCUT2D eigenvalue weighted by Crippen LogP contribution is -2.32. The van der Waals surface area contributed by atoms with Crippen molar-refractivity contribution < 1.29 is 19.0 Å². The molecular weight excluding hydrogens is 404 g/mol. The van der Waals surface area contributed by atoms with Crippen molar-refractivity contribution in [3.63, 3.8) is 0 Å². The van der Waals surface area contributed by atoms with Gasteiger partial charge in [-0.2, -0.15) is 5.26 Å². The number of nitrogens with one attached hydrogen (secondary N) is 1. The van der Waals surface area contributed by atoms with Gasteiger partial charge < -0.3 is 19.5 Å². The van der Waals surface area contributed by atoms with Gasteiger partial charge in [0.2, 0.25) is 0 Å². The number of rotatable bonds is 8. The Morgan fingerprint density at radius 2 is 2.10 bits per heavy atom. The zero-order valence-corrected chi connectivity index (χ0v) is 17.4. The van der Waals surface area contributed by atoms with E-state index in [1.54, 1.807) is 30.3 Å². The molecule has 1 aliphatic heterocycles. The van der Waals surface area contributed by atoms with Crippen LogP contribution in [-0.4, -0.2) is 32.3 Å². The summed E-state index contributed by atoms with van der Waals surface area (Å²) in [6, 6.07) is 14.6. The van der Waals surface area contributed by atoms with Crippen molar-refractivity contribution in [1.29, 1.82) is 5.26 Å². The van der Waals surface area contributed by atoms with Gasteiger partial charge in [-0.3, -0.25) is 4.79 Å². The van der Waals surface area contributed by atoms with Crippen LogP contribution in [0.25, 0.3) is 6.08 Å². The van der Waals surface area contributed by atoms with Gasteiger partial charge in [0.05, 0.1) is 13.2 Å². The van der Waals surface area contributed by atoms with Crippen LogP contribution < -0.4 is 14.8 Å². The Labute approximate surface area is 181 Å². The van der Waals surface area contributed by atoms with Crippen molar-refractivity contribution in [2.24, 2.45) is 0 Å². The van der Waals surface area contributed by atoms with Crippen LogP contribution in [0.1, 0.15) is 24.0 Å². The first-order valence-electron chi connectivity index (χ1n) is 9.66. The molecule has 1 aliphatic rings. The normalized spacial score (nSPS) is 16.0. The Balaban J connectivity index is 1.66. The van der Waals surface area contributed by atoms with E-state index in [1.807, 2.05) is 18.2 Å². The molecule has 0 radical (unpaired) electrons. The van der Waals surface area contributed by atoms with Crippen molar-refractivity contribution in [2.45, 2.75) is 25.6 Å². The van der Waals surface area contributed by atoms with Gasteiger partial charge >= 0.3 is 0 Å². The summed E-state index contributed by atoms with van der Waals surface area (Å²) in [4.78, 5) is 12.3. The lowest BCUT2D eigenvalue weighted by atomic mass is 10.1. The minimum Gasteiger partial charge on any atom is -0.493 e. The van der Waals surface area contributed by atoms with Crippen LogP contribution in [0, 0.1) is 11.3 Å². The second kappa shape index (κ2) is 10.7. The van der Waals surface area contributed by atoms with E-state index in [-0.39, 0.29) is 11.7 Å². The molecule has 1 fully saturated rings. The number of carbonyl (C=O) groups is 1. The molecule has 1 unspecified atom stereocenters. The third-order valence-corrected chi connectivity index (χ3v) is 4.94. The van der Waals surface area contributed by atoms with Crippen molar-refractivity contribution in [2.75, 3.05) is 20.3 Å². The minimum absolute atomic E-state index is 0.0184. The van der Waals surface area contributed by atoms with Crippen molar-refractivity contribution in [3.05, 3.63) is 64.2 Å². The Bertz CT molecular complexity index is 945. The molecule has 2 aromatic carbocycles. The highest BCUT2D eigenvalue weighted by molar-refractivity contribution is 6.30. The fraction of sp³-hybridized carbons (Fsp3) is 0.304. The van der Waals surface area contributed by atoms with Crippen molar-refractivity contribution in [1.82, 2.24) is 5.32 Å². The molecule has 1 saturated heterocycles. The molecule has 6 nitrogen and oxygen atoms in total. The third kappa shape index (κ3) is 5.99. The Morgan fingerprint density at radius 3 is 2.77 bits per heavy atom. The predicted molar refractivity (Wildman–Crippen MR) is 114 cm³/mol. The Hall–Kier alpha value is -3.01. The summed E-state index contributed by atoms with van der Waals surface area (Å²) in [5.74, 6) is 0.649. The molecule has 0 saturated carbocycles. The van der Waals surface area contributed by atoms with E-state index in [2.05, 4.69) is 5.32 Å². The first kappa shape index (κ1) is 21.7. The van der Waals surface area contributed by atoms with Crippen molar-refractivity contribution >= 4 is 23.6 Å². The number of hydrogen-bond donors (Lipinski definition) is 1. The Morgan fingerprint density at radius 1 is 1.30 bits per heavy atom. The molecule has 0 aromatic heterocycles. The van der Waals surface area contributed by atoms with E-state index in [9.17, 15) is 10.1 Å². The maximum absolute atomic E-state index is 12.3. The SMILES string of the molecule is COc1cc(C=C(C#N)C(=O)NCC2CCCO2)ccc1OCc1ccc(Cl)cc1. The molecule has 156 valence electrons. The zero-order chi connectivity index (χ0) is 21.3. The largest absolute Gasteiger partial charge is 0.493 e. The van der Waals surface area contributed by atoms with Crippen LogP contribution in [-0.2, 0) is 16.1 Å². The average Bonchev–Trinajstić information content (AvgIpc) is 3.29. The van der Waals surface area contributed by atoms with Crippen LogP contribution in [0.2, 0.25) is 5.02 Å². The second-order valence-corrected chi connectivity index (χ2v) is 7.28. The predicted octanol–water partition coefficient (Wildman–Crippen LogP) is 4.13. The van der Waals surface area contributed by atoms with Gasteiger partial charge in [-0.05, 0) is 54.3 Å². The fourth-order valence-electron chi connectivity index (χ4n) is 3.06. The van der Waals surface area contributed by atoms with E-state index in [1.165, 1.54) is 13.2 Å². The van der Waals surface area contributed by atoms with Crippen LogP contribution in [0.5, 0.6) is 11.5 Å². The van der Waals surface area contributed by atoms with E-state index in [0.29, 0.717) is 41.8 Å². The van der Waals surface area contributed by atoms with Crippen molar-refractivity contribution in [3.8, 4) is 17.6 Å². The number of nitrogens with zero attached hydrogens (tertiary/aromatic N) is 1. The molecule has 0 bridgehead atoms. The molecule has 30 heavy (non-hydrogen) atoms. The molecule has 0 aliphatic carbocycles. The van der Waals surface area contributed by atoms with Gasteiger partial charge in [-0.15, -0.1) is 0 Å². The van der Waals surface area contributed by atoms with E-state index < -0.39 is 5.91 Å². The summed E-state index contributed by atoms with van der Waals surface area (Å²) in [5, 5.41) is 12.8. The van der Waals surface area contributed by atoms with Crippen LogP contribution in [0.15, 0.2) is 48.0 Å². The first-order valence-corrected chi connectivity index (χ1v) is 10.0. The van der Waals surface area contributed by atoms with E-state index in [4.69, 9.17) is 25.8 Å². The monoisotopic (exact) mass is 426 g/mol. The fourth-order valence-corrected chi connectivity index (χ4v) is 3.18. The van der Waals surface area contributed by atoms with Crippen LogP contribution in [0.3, 0.4) is 0 Å². The quantitative estimate of drug-likeness (QED) is 0.507.